The van der Waals surface area contributed by atoms with Crippen molar-refractivity contribution in [3.05, 3.63) is 44.8 Å². The van der Waals surface area contributed by atoms with Crippen LogP contribution in [0.25, 0.3) is 0 Å². The molecular formula is C12H10O2S2. The third-order valence-electron chi connectivity index (χ3n) is 2.31. The Balaban J connectivity index is 2.17. The summed E-state index contributed by atoms with van der Waals surface area (Å²) in [6.07, 6.45) is 0. The van der Waals surface area contributed by atoms with E-state index in [1.807, 2.05) is 22.9 Å². The largest absolute Gasteiger partial charge is 0.292 e. The Kier molecular flexibility index (Phi) is 3.31. The number of hydrogen-bond acceptors (Lipinski definition) is 4. The van der Waals surface area contributed by atoms with E-state index in [4.69, 9.17) is 0 Å². The molecule has 2 nitrogen and oxygen atoms in total. The fraction of sp³-hybridized carbons (Fsp3) is 0.167. The van der Waals surface area contributed by atoms with E-state index in [9.17, 15) is 9.59 Å². The van der Waals surface area contributed by atoms with Crippen LogP contribution >= 0.6 is 22.7 Å². The zero-order chi connectivity index (χ0) is 11.5. The van der Waals surface area contributed by atoms with Gasteiger partial charge in [-0.05, 0) is 29.8 Å². The molecule has 0 unspecified atom stereocenters. The number of rotatable bonds is 4. The normalized spacial score (nSPS) is 10.6. The van der Waals surface area contributed by atoms with Crippen molar-refractivity contribution in [2.24, 2.45) is 5.92 Å². The molecule has 2 heterocycles. The molecule has 0 aliphatic rings. The van der Waals surface area contributed by atoms with Crippen molar-refractivity contribution in [2.45, 2.75) is 6.92 Å². The van der Waals surface area contributed by atoms with Crippen molar-refractivity contribution in [2.75, 3.05) is 0 Å². The first-order chi connectivity index (χ1) is 7.70. The Morgan fingerprint density at radius 2 is 1.44 bits per heavy atom. The molecule has 16 heavy (non-hydrogen) atoms. The molecule has 0 N–H and O–H groups in total. The molecule has 0 radical (unpaired) electrons. The van der Waals surface area contributed by atoms with Crippen LogP contribution in [-0.4, -0.2) is 11.6 Å². The predicted octanol–water partition coefficient (Wildman–Crippen LogP) is 3.51. The van der Waals surface area contributed by atoms with Gasteiger partial charge < -0.3 is 0 Å². The van der Waals surface area contributed by atoms with Crippen molar-refractivity contribution in [3.8, 4) is 0 Å². The maximum absolute atomic E-state index is 11.9. The van der Waals surface area contributed by atoms with Crippen molar-refractivity contribution < 1.29 is 9.59 Å². The smallest absolute Gasteiger partial charge is 0.183 e. The summed E-state index contributed by atoms with van der Waals surface area (Å²) in [5.74, 6) is -0.765. The van der Waals surface area contributed by atoms with E-state index in [1.54, 1.807) is 19.1 Å². The lowest BCUT2D eigenvalue weighted by Crippen LogP contribution is -2.19. The summed E-state index contributed by atoms with van der Waals surface area (Å²) in [6.45, 7) is 1.67. The zero-order valence-electron chi connectivity index (χ0n) is 8.67. The second-order valence-electron chi connectivity index (χ2n) is 3.40. The Labute approximate surface area is 102 Å². The van der Waals surface area contributed by atoms with Crippen molar-refractivity contribution in [3.63, 3.8) is 0 Å². The highest BCUT2D eigenvalue weighted by Gasteiger charge is 2.24. The first-order valence-electron chi connectivity index (χ1n) is 4.85. The summed E-state index contributed by atoms with van der Waals surface area (Å²) < 4.78 is 0. The Morgan fingerprint density at radius 1 is 1.00 bits per heavy atom. The SMILES string of the molecule is CC(C(=O)c1cccs1)C(=O)c1cccs1. The van der Waals surface area contributed by atoms with Crippen LogP contribution in [0.5, 0.6) is 0 Å². The molecule has 0 bridgehead atoms. The van der Waals surface area contributed by atoms with Gasteiger partial charge in [-0.25, -0.2) is 0 Å². The fourth-order valence-corrected chi connectivity index (χ4v) is 2.89. The fourth-order valence-electron chi connectivity index (χ4n) is 1.38. The summed E-state index contributed by atoms with van der Waals surface area (Å²) in [6, 6.07) is 7.15. The maximum Gasteiger partial charge on any atom is 0.183 e. The summed E-state index contributed by atoms with van der Waals surface area (Å²) in [5, 5.41) is 3.69. The molecule has 0 saturated heterocycles. The number of carbonyl (C=O) groups is 2. The van der Waals surface area contributed by atoms with Gasteiger partial charge in [-0.1, -0.05) is 12.1 Å². The second-order valence-corrected chi connectivity index (χ2v) is 5.30. The number of thiophene rings is 2. The van der Waals surface area contributed by atoms with Crippen LogP contribution in [0.3, 0.4) is 0 Å². The van der Waals surface area contributed by atoms with Gasteiger partial charge in [0.25, 0.3) is 0 Å². The van der Waals surface area contributed by atoms with Gasteiger partial charge >= 0.3 is 0 Å². The van der Waals surface area contributed by atoms with Crippen LogP contribution < -0.4 is 0 Å². The van der Waals surface area contributed by atoms with E-state index in [1.165, 1.54) is 22.7 Å². The van der Waals surface area contributed by atoms with E-state index in [-0.39, 0.29) is 11.6 Å². The third-order valence-corrected chi connectivity index (χ3v) is 4.08. The minimum atomic E-state index is -0.586. The van der Waals surface area contributed by atoms with E-state index in [0.717, 1.165) is 0 Å². The molecule has 2 aromatic heterocycles. The molecule has 82 valence electrons. The highest BCUT2D eigenvalue weighted by molar-refractivity contribution is 7.12. The second kappa shape index (κ2) is 4.72. The number of hydrogen-bond donors (Lipinski definition) is 0. The molecule has 0 aromatic carbocycles. The van der Waals surface area contributed by atoms with Gasteiger partial charge in [-0.3, -0.25) is 9.59 Å². The van der Waals surface area contributed by atoms with E-state index < -0.39 is 5.92 Å². The number of ketones is 2. The molecule has 2 aromatic rings. The number of carbonyl (C=O) groups excluding carboxylic acids is 2. The minimum Gasteiger partial charge on any atom is -0.292 e. The Morgan fingerprint density at radius 3 is 1.75 bits per heavy atom. The Bertz CT molecular complexity index is 437. The van der Waals surface area contributed by atoms with E-state index >= 15 is 0 Å². The minimum absolute atomic E-state index is 0.0894. The van der Waals surface area contributed by atoms with Gasteiger partial charge in [0.2, 0.25) is 0 Å². The topological polar surface area (TPSA) is 34.1 Å². The van der Waals surface area contributed by atoms with E-state index in [0.29, 0.717) is 9.75 Å². The summed E-state index contributed by atoms with van der Waals surface area (Å²) in [7, 11) is 0. The maximum atomic E-state index is 11.9. The van der Waals surface area contributed by atoms with Crippen LogP contribution in [0.15, 0.2) is 35.0 Å². The average Bonchev–Trinajstić information content (AvgIpc) is 2.97. The molecule has 0 atom stereocenters. The molecular weight excluding hydrogens is 240 g/mol. The van der Waals surface area contributed by atoms with Gasteiger partial charge in [-0.15, -0.1) is 22.7 Å². The molecule has 0 saturated carbocycles. The predicted molar refractivity (Wildman–Crippen MR) is 66.5 cm³/mol. The quantitative estimate of drug-likeness (QED) is 0.614. The highest BCUT2D eigenvalue weighted by Crippen LogP contribution is 2.20. The van der Waals surface area contributed by atoms with Crippen LogP contribution in [0.1, 0.15) is 26.3 Å². The van der Waals surface area contributed by atoms with Gasteiger partial charge in [-0.2, -0.15) is 0 Å². The molecule has 0 aliphatic heterocycles. The van der Waals surface area contributed by atoms with Crippen molar-refractivity contribution >= 4 is 34.2 Å². The molecule has 0 fully saturated rings. The molecule has 2 rings (SSSR count). The van der Waals surface area contributed by atoms with Crippen LogP contribution in [0.4, 0.5) is 0 Å². The van der Waals surface area contributed by atoms with Gasteiger partial charge in [0.1, 0.15) is 0 Å². The summed E-state index contributed by atoms with van der Waals surface area (Å²) in [4.78, 5) is 25.2. The lowest BCUT2D eigenvalue weighted by atomic mass is 9.99. The first kappa shape index (κ1) is 11.2. The van der Waals surface area contributed by atoms with Gasteiger partial charge in [0, 0.05) is 0 Å². The lowest BCUT2D eigenvalue weighted by molar-refractivity contribution is 0.0825. The van der Waals surface area contributed by atoms with Crippen molar-refractivity contribution in [1.82, 2.24) is 0 Å². The van der Waals surface area contributed by atoms with Crippen LogP contribution in [0.2, 0.25) is 0 Å². The Hall–Kier alpha value is -1.26. The van der Waals surface area contributed by atoms with Crippen LogP contribution in [0, 0.1) is 5.92 Å². The third kappa shape index (κ3) is 2.13. The van der Waals surface area contributed by atoms with E-state index in [2.05, 4.69) is 0 Å². The molecule has 4 heteroatoms. The number of Topliss-reactive ketones (excluding diaryl/α,β-unsaturated/α-hetero) is 2. The highest BCUT2D eigenvalue weighted by atomic mass is 32.1. The molecule has 0 amide bonds. The van der Waals surface area contributed by atoms with Crippen molar-refractivity contribution in [1.29, 1.82) is 0 Å². The first-order valence-corrected chi connectivity index (χ1v) is 6.61. The summed E-state index contributed by atoms with van der Waals surface area (Å²) >= 11 is 2.75. The molecule has 0 spiro atoms. The lowest BCUT2D eigenvalue weighted by Gasteiger charge is -2.05. The monoisotopic (exact) mass is 250 g/mol. The average molecular weight is 250 g/mol. The van der Waals surface area contributed by atoms with Gasteiger partial charge in [0.05, 0.1) is 15.7 Å². The zero-order valence-corrected chi connectivity index (χ0v) is 10.3. The van der Waals surface area contributed by atoms with Gasteiger partial charge in [0.15, 0.2) is 11.6 Å². The standard InChI is InChI=1S/C12H10O2S2/c1-8(11(13)9-4-2-6-15-9)12(14)10-5-3-7-16-10/h2-8H,1H3. The molecule has 0 aliphatic carbocycles. The summed E-state index contributed by atoms with van der Waals surface area (Å²) in [5.41, 5.74) is 0. The van der Waals surface area contributed by atoms with Crippen LogP contribution in [-0.2, 0) is 0 Å².